The van der Waals surface area contributed by atoms with E-state index >= 15 is 0 Å². The van der Waals surface area contributed by atoms with E-state index in [1.54, 1.807) is 11.8 Å². The van der Waals surface area contributed by atoms with Crippen LogP contribution in [0.1, 0.15) is 30.4 Å². The second kappa shape index (κ2) is 5.66. The number of H-pyrrole nitrogens is 1. The molecule has 1 aliphatic heterocycles. The van der Waals surface area contributed by atoms with E-state index in [1.165, 1.54) is 6.33 Å². The number of hydrogen-bond acceptors (Lipinski definition) is 5. The maximum atomic E-state index is 12.0. The Kier molecular flexibility index (Phi) is 4.15. The normalized spacial score (nSPS) is 17.6. The Morgan fingerprint density at radius 3 is 2.74 bits per heavy atom. The summed E-state index contributed by atoms with van der Waals surface area (Å²) in [6.45, 7) is 2.62. The molecule has 0 bridgehead atoms. The van der Waals surface area contributed by atoms with Crippen molar-refractivity contribution >= 4 is 15.9 Å². The Hall–Kier alpha value is -1.48. The fourth-order valence-corrected chi connectivity index (χ4v) is 2.91. The summed E-state index contributed by atoms with van der Waals surface area (Å²) in [5, 5.41) is 6.17. The summed E-state index contributed by atoms with van der Waals surface area (Å²) in [6, 6.07) is -0.0938. The summed E-state index contributed by atoms with van der Waals surface area (Å²) in [4.78, 5) is 17.4. The zero-order valence-electron chi connectivity index (χ0n) is 10.7. The third-order valence-corrected chi connectivity index (χ3v) is 4.58. The van der Waals surface area contributed by atoms with Gasteiger partial charge in [0.25, 0.3) is 5.91 Å². The van der Waals surface area contributed by atoms with Crippen LogP contribution in [-0.4, -0.2) is 59.3 Å². The largest absolute Gasteiger partial charge is 0.336 e. The minimum Gasteiger partial charge on any atom is -0.336 e. The molecule has 8 nitrogen and oxygen atoms in total. The molecule has 9 heteroatoms. The molecular weight excluding hydrogens is 270 g/mol. The van der Waals surface area contributed by atoms with Crippen LogP contribution in [0.25, 0.3) is 0 Å². The molecule has 0 saturated carbocycles. The van der Waals surface area contributed by atoms with Gasteiger partial charge in [0.1, 0.15) is 6.33 Å². The van der Waals surface area contributed by atoms with Crippen molar-refractivity contribution in [2.24, 2.45) is 0 Å². The van der Waals surface area contributed by atoms with Gasteiger partial charge in [-0.2, -0.15) is 5.10 Å². The Balaban J connectivity index is 1.88. The summed E-state index contributed by atoms with van der Waals surface area (Å²) in [5.41, 5.74) is 0. The number of likely N-dealkylation sites (tertiary alicyclic amines) is 1. The van der Waals surface area contributed by atoms with Crippen LogP contribution in [0.4, 0.5) is 0 Å². The SMILES string of the molecule is CCS(=O)(=O)NC1CCN(C(=O)c2ncn[nH]2)CC1. The van der Waals surface area contributed by atoms with Gasteiger partial charge in [-0.15, -0.1) is 0 Å². The van der Waals surface area contributed by atoms with Gasteiger partial charge in [-0.25, -0.2) is 18.1 Å². The molecule has 2 heterocycles. The van der Waals surface area contributed by atoms with Gasteiger partial charge < -0.3 is 4.90 Å². The van der Waals surface area contributed by atoms with Gasteiger partial charge in [-0.1, -0.05) is 0 Å². The van der Waals surface area contributed by atoms with Crippen molar-refractivity contribution in [2.45, 2.75) is 25.8 Å². The van der Waals surface area contributed by atoms with Crippen molar-refractivity contribution in [3.8, 4) is 0 Å². The number of amides is 1. The van der Waals surface area contributed by atoms with Gasteiger partial charge in [0, 0.05) is 19.1 Å². The third-order valence-electron chi connectivity index (χ3n) is 3.13. The highest BCUT2D eigenvalue weighted by atomic mass is 32.2. The second-order valence-corrected chi connectivity index (χ2v) is 6.46. The number of nitrogens with one attached hydrogen (secondary N) is 2. The maximum absolute atomic E-state index is 12.0. The highest BCUT2D eigenvalue weighted by Crippen LogP contribution is 2.13. The van der Waals surface area contributed by atoms with E-state index in [1.807, 2.05) is 0 Å². The quantitative estimate of drug-likeness (QED) is 0.765. The number of rotatable bonds is 4. The molecule has 1 saturated heterocycles. The highest BCUT2D eigenvalue weighted by Gasteiger charge is 2.26. The molecule has 2 N–H and O–H groups in total. The lowest BCUT2D eigenvalue weighted by Gasteiger charge is -2.31. The van der Waals surface area contributed by atoms with Crippen LogP contribution in [0.2, 0.25) is 0 Å². The van der Waals surface area contributed by atoms with Crippen molar-refractivity contribution in [1.29, 1.82) is 0 Å². The molecule has 0 unspecified atom stereocenters. The molecule has 0 aromatic carbocycles. The van der Waals surface area contributed by atoms with E-state index in [0.29, 0.717) is 25.9 Å². The van der Waals surface area contributed by atoms with E-state index in [0.717, 1.165) is 0 Å². The highest BCUT2D eigenvalue weighted by molar-refractivity contribution is 7.89. The van der Waals surface area contributed by atoms with Crippen LogP contribution in [0, 0.1) is 0 Å². The number of sulfonamides is 1. The summed E-state index contributed by atoms with van der Waals surface area (Å²) >= 11 is 0. The van der Waals surface area contributed by atoms with Crippen LogP contribution in [-0.2, 0) is 10.0 Å². The first-order valence-corrected chi connectivity index (χ1v) is 7.81. The zero-order chi connectivity index (χ0) is 13.9. The number of hydrogen-bond donors (Lipinski definition) is 2. The van der Waals surface area contributed by atoms with Crippen molar-refractivity contribution < 1.29 is 13.2 Å². The van der Waals surface area contributed by atoms with Gasteiger partial charge in [0.15, 0.2) is 0 Å². The van der Waals surface area contributed by atoms with Gasteiger partial charge in [-0.3, -0.25) is 9.89 Å². The maximum Gasteiger partial charge on any atom is 0.291 e. The van der Waals surface area contributed by atoms with Crippen molar-refractivity contribution in [3.63, 3.8) is 0 Å². The number of nitrogens with zero attached hydrogens (tertiary/aromatic N) is 3. The molecule has 0 aliphatic carbocycles. The Bertz CT molecular complexity index is 519. The number of aromatic nitrogens is 3. The number of carbonyl (C=O) groups excluding carboxylic acids is 1. The summed E-state index contributed by atoms with van der Waals surface area (Å²) in [6.07, 6.45) is 2.51. The lowest BCUT2D eigenvalue weighted by Crippen LogP contribution is -2.47. The summed E-state index contributed by atoms with van der Waals surface area (Å²) in [5.74, 6) is 0.0893. The Morgan fingerprint density at radius 2 is 2.21 bits per heavy atom. The van der Waals surface area contributed by atoms with Crippen molar-refractivity contribution in [2.75, 3.05) is 18.8 Å². The topological polar surface area (TPSA) is 108 Å². The lowest BCUT2D eigenvalue weighted by atomic mass is 10.1. The Labute approximate surface area is 111 Å². The molecule has 2 rings (SSSR count). The minimum atomic E-state index is -3.18. The molecule has 1 amide bonds. The minimum absolute atomic E-state index is 0.0736. The van der Waals surface area contributed by atoms with Crippen molar-refractivity contribution in [3.05, 3.63) is 12.2 Å². The molecule has 1 fully saturated rings. The standard InChI is InChI=1S/C10H17N5O3S/c1-2-19(17,18)14-8-3-5-15(6-4-8)10(16)9-11-7-12-13-9/h7-8,14H,2-6H2,1H3,(H,11,12,13). The number of carbonyl (C=O) groups is 1. The van der Waals surface area contributed by atoms with Gasteiger partial charge >= 0.3 is 0 Å². The summed E-state index contributed by atoms with van der Waals surface area (Å²) in [7, 11) is -3.18. The van der Waals surface area contributed by atoms with Crippen LogP contribution >= 0.6 is 0 Å². The van der Waals surface area contributed by atoms with Crippen LogP contribution in [0.3, 0.4) is 0 Å². The molecule has 19 heavy (non-hydrogen) atoms. The predicted octanol–water partition coefficient (Wildman–Crippen LogP) is -0.651. The fraction of sp³-hybridized carbons (Fsp3) is 0.700. The average molecular weight is 287 g/mol. The van der Waals surface area contributed by atoms with Gasteiger partial charge in [-0.05, 0) is 19.8 Å². The number of aromatic amines is 1. The van der Waals surface area contributed by atoms with E-state index in [2.05, 4.69) is 19.9 Å². The van der Waals surface area contributed by atoms with E-state index in [4.69, 9.17) is 0 Å². The van der Waals surface area contributed by atoms with Crippen LogP contribution < -0.4 is 4.72 Å². The lowest BCUT2D eigenvalue weighted by molar-refractivity contribution is 0.0699. The molecule has 0 spiro atoms. The molecule has 0 radical (unpaired) electrons. The Morgan fingerprint density at radius 1 is 1.53 bits per heavy atom. The zero-order valence-corrected chi connectivity index (χ0v) is 11.5. The first-order chi connectivity index (χ1) is 9.02. The van der Waals surface area contributed by atoms with Crippen LogP contribution in [0.15, 0.2) is 6.33 Å². The first-order valence-electron chi connectivity index (χ1n) is 6.16. The molecular formula is C10H17N5O3S. The van der Waals surface area contributed by atoms with E-state index in [9.17, 15) is 13.2 Å². The van der Waals surface area contributed by atoms with E-state index < -0.39 is 10.0 Å². The first kappa shape index (κ1) is 13.9. The average Bonchev–Trinajstić information content (AvgIpc) is 2.92. The third kappa shape index (κ3) is 3.51. The molecule has 0 atom stereocenters. The monoisotopic (exact) mass is 287 g/mol. The molecule has 1 aromatic rings. The second-order valence-electron chi connectivity index (χ2n) is 4.42. The predicted molar refractivity (Wildman–Crippen MR) is 67.9 cm³/mol. The molecule has 1 aromatic heterocycles. The molecule has 106 valence electrons. The number of piperidine rings is 1. The van der Waals surface area contributed by atoms with Crippen molar-refractivity contribution in [1.82, 2.24) is 24.8 Å². The van der Waals surface area contributed by atoms with Crippen LogP contribution in [0.5, 0.6) is 0 Å². The smallest absolute Gasteiger partial charge is 0.291 e. The fourth-order valence-electron chi connectivity index (χ4n) is 2.00. The molecule has 1 aliphatic rings. The summed E-state index contributed by atoms with van der Waals surface area (Å²) < 4.78 is 25.5. The van der Waals surface area contributed by atoms with Gasteiger partial charge in [0.2, 0.25) is 15.8 Å². The van der Waals surface area contributed by atoms with E-state index in [-0.39, 0.29) is 23.5 Å². The van der Waals surface area contributed by atoms with Gasteiger partial charge in [0.05, 0.1) is 5.75 Å².